The van der Waals surface area contributed by atoms with Gasteiger partial charge in [0.1, 0.15) is 0 Å². The van der Waals surface area contributed by atoms with Crippen LogP contribution in [0.25, 0.3) is 17.1 Å². The molecule has 0 radical (unpaired) electrons. The summed E-state index contributed by atoms with van der Waals surface area (Å²) in [6, 6.07) is 14.9. The lowest BCUT2D eigenvalue weighted by Gasteiger charge is -2.22. The lowest BCUT2D eigenvalue weighted by atomic mass is 10.2. The topological polar surface area (TPSA) is 60.1 Å². The second-order valence-electron chi connectivity index (χ2n) is 7.36. The zero-order chi connectivity index (χ0) is 21.5. The Labute approximate surface area is 190 Å². The molecule has 1 aliphatic rings. The van der Waals surface area contributed by atoms with Crippen LogP contribution < -0.4 is 0 Å². The first-order valence-electron chi connectivity index (χ1n) is 9.36. The van der Waals surface area contributed by atoms with Gasteiger partial charge >= 0.3 is 0 Å². The third-order valence-electron chi connectivity index (χ3n) is 5.21. The van der Waals surface area contributed by atoms with E-state index in [4.69, 9.17) is 40.5 Å². The molecule has 0 unspecified atom stereocenters. The minimum Gasteiger partial charge on any atom is -0.283 e. The van der Waals surface area contributed by atoms with E-state index in [2.05, 4.69) is 0 Å². The smallest absolute Gasteiger partial charge is 0.204 e. The maximum atomic E-state index is 11.9. The molecule has 1 aliphatic heterocycles. The summed E-state index contributed by atoms with van der Waals surface area (Å²) in [4.78, 5) is 1.98. The molecule has 0 aliphatic carbocycles. The van der Waals surface area contributed by atoms with E-state index in [0.29, 0.717) is 39.3 Å². The van der Waals surface area contributed by atoms with Crippen molar-refractivity contribution in [2.45, 2.75) is 19.1 Å². The van der Waals surface area contributed by atoms with Gasteiger partial charge in [-0.2, -0.15) is 0 Å². The molecule has 0 spiro atoms. The van der Waals surface area contributed by atoms with E-state index in [1.54, 1.807) is 16.8 Å². The fraction of sp³-hybridized carbons (Fsp3) is 0.300. The SMILES string of the molecule is CN(Cn1nc(-c2ccc(Cl)cc2Cl)n(-c2ccccc2)c1=S)[C@H]1CCS(=O)(=O)C1. The van der Waals surface area contributed by atoms with E-state index >= 15 is 0 Å². The molecule has 0 amide bonds. The van der Waals surface area contributed by atoms with E-state index in [-0.39, 0.29) is 17.5 Å². The Bertz CT molecular complexity index is 1240. The molecule has 0 bridgehead atoms. The van der Waals surface area contributed by atoms with Gasteiger partial charge in [-0.1, -0.05) is 41.4 Å². The summed E-state index contributed by atoms with van der Waals surface area (Å²) in [5, 5.41) is 5.76. The van der Waals surface area contributed by atoms with Gasteiger partial charge in [0.15, 0.2) is 15.7 Å². The highest BCUT2D eigenvalue weighted by Crippen LogP contribution is 2.31. The molecule has 1 aromatic heterocycles. The van der Waals surface area contributed by atoms with Crippen molar-refractivity contribution in [3.05, 3.63) is 63.3 Å². The van der Waals surface area contributed by atoms with Crippen molar-refractivity contribution in [3.63, 3.8) is 0 Å². The van der Waals surface area contributed by atoms with Gasteiger partial charge in [-0.15, -0.1) is 5.10 Å². The molecule has 4 rings (SSSR count). The van der Waals surface area contributed by atoms with Crippen molar-refractivity contribution >= 4 is 45.3 Å². The molecule has 0 N–H and O–H groups in total. The number of para-hydroxylation sites is 1. The Balaban J connectivity index is 1.78. The molecule has 3 aromatic rings. The first-order valence-corrected chi connectivity index (χ1v) is 12.3. The number of halogens is 2. The van der Waals surface area contributed by atoms with E-state index in [0.717, 1.165) is 5.69 Å². The number of aromatic nitrogens is 3. The lowest BCUT2D eigenvalue weighted by Crippen LogP contribution is -2.34. The maximum absolute atomic E-state index is 11.9. The molecule has 2 heterocycles. The van der Waals surface area contributed by atoms with Crippen LogP contribution in [-0.2, 0) is 16.5 Å². The second-order valence-corrected chi connectivity index (χ2v) is 10.8. The molecule has 158 valence electrons. The van der Waals surface area contributed by atoms with Crippen molar-refractivity contribution in [1.82, 2.24) is 19.2 Å². The average Bonchev–Trinajstić information content (AvgIpc) is 3.22. The first kappa shape index (κ1) is 21.5. The standard InChI is InChI=1S/C20H20Cl2N4O2S2/c1-24(16-9-10-30(27,28)12-16)13-25-20(29)26(15-5-3-2-4-6-15)19(23-25)17-8-7-14(21)11-18(17)22/h2-8,11,16H,9-10,12-13H2,1H3/t16-/m0/s1. The van der Waals surface area contributed by atoms with Gasteiger partial charge in [0.2, 0.25) is 4.77 Å². The van der Waals surface area contributed by atoms with Crippen molar-refractivity contribution in [1.29, 1.82) is 0 Å². The second kappa shape index (κ2) is 8.43. The van der Waals surface area contributed by atoms with Crippen molar-refractivity contribution in [2.75, 3.05) is 18.6 Å². The minimum absolute atomic E-state index is 0.0543. The number of rotatable bonds is 5. The Hall–Kier alpha value is -1.71. The highest BCUT2D eigenvalue weighted by Gasteiger charge is 2.31. The summed E-state index contributed by atoms with van der Waals surface area (Å²) in [6.07, 6.45) is 0.613. The third kappa shape index (κ3) is 4.33. The van der Waals surface area contributed by atoms with Crippen LogP contribution in [0.1, 0.15) is 6.42 Å². The number of nitrogens with zero attached hydrogens (tertiary/aromatic N) is 4. The fourth-order valence-electron chi connectivity index (χ4n) is 3.60. The molecule has 6 nitrogen and oxygen atoms in total. The Morgan fingerprint density at radius 1 is 1.20 bits per heavy atom. The van der Waals surface area contributed by atoms with Crippen LogP contribution in [0.2, 0.25) is 10.0 Å². The number of hydrogen-bond acceptors (Lipinski definition) is 5. The molecule has 30 heavy (non-hydrogen) atoms. The molecular formula is C20H20Cl2N4O2S2. The van der Waals surface area contributed by atoms with Gasteiger partial charge in [0, 0.05) is 22.3 Å². The van der Waals surface area contributed by atoms with Crippen LogP contribution in [0.5, 0.6) is 0 Å². The van der Waals surface area contributed by atoms with Gasteiger partial charge in [0.25, 0.3) is 0 Å². The summed E-state index contributed by atoms with van der Waals surface area (Å²) in [5.41, 5.74) is 1.57. The Morgan fingerprint density at radius 2 is 1.93 bits per heavy atom. The summed E-state index contributed by atoms with van der Waals surface area (Å²) in [7, 11) is -1.08. The quantitative estimate of drug-likeness (QED) is 0.502. The van der Waals surface area contributed by atoms with Gasteiger partial charge in [0.05, 0.1) is 23.2 Å². The van der Waals surface area contributed by atoms with Gasteiger partial charge < -0.3 is 0 Å². The molecule has 0 saturated carbocycles. The van der Waals surface area contributed by atoms with Crippen LogP contribution >= 0.6 is 35.4 Å². The Morgan fingerprint density at radius 3 is 2.57 bits per heavy atom. The summed E-state index contributed by atoms with van der Waals surface area (Å²) >= 11 is 18.3. The predicted octanol–water partition coefficient (Wildman–Crippen LogP) is 4.45. The van der Waals surface area contributed by atoms with Crippen molar-refractivity contribution in [2.24, 2.45) is 0 Å². The van der Waals surface area contributed by atoms with Crippen LogP contribution in [0.4, 0.5) is 0 Å². The van der Waals surface area contributed by atoms with Gasteiger partial charge in [-0.25, -0.2) is 13.1 Å². The van der Waals surface area contributed by atoms with E-state index in [1.165, 1.54) is 0 Å². The van der Waals surface area contributed by atoms with E-state index < -0.39 is 9.84 Å². The molecule has 2 aromatic carbocycles. The van der Waals surface area contributed by atoms with Crippen LogP contribution in [0.15, 0.2) is 48.5 Å². The van der Waals surface area contributed by atoms with Crippen molar-refractivity contribution in [3.8, 4) is 17.1 Å². The van der Waals surface area contributed by atoms with Crippen LogP contribution in [0, 0.1) is 4.77 Å². The fourth-order valence-corrected chi connectivity index (χ4v) is 6.19. The van der Waals surface area contributed by atoms with E-state index in [9.17, 15) is 8.42 Å². The Kier molecular flexibility index (Phi) is 6.05. The maximum Gasteiger partial charge on any atom is 0.204 e. The number of hydrogen-bond donors (Lipinski definition) is 0. The summed E-state index contributed by atoms with van der Waals surface area (Å²) in [5.74, 6) is 0.976. The van der Waals surface area contributed by atoms with E-state index in [1.807, 2.05) is 52.9 Å². The highest BCUT2D eigenvalue weighted by atomic mass is 35.5. The number of benzene rings is 2. The average molecular weight is 483 g/mol. The van der Waals surface area contributed by atoms with Gasteiger partial charge in [-0.3, -0.25) is 9.47 Å². The molecule has 1 fully saturated rings. The monoisotopic (exact) mass is 482 g/mol. The third-order valence-corrected chi connectivity index (χ3v) is 7.91. The normalized spacial score (nSPS) is 18.2. The zero-order valence-electron chi connectivity index (χ0n) is 16.2. The molecule has 1 atom stereocenters. The molecule has 10 heteroatoms. The molecular weight excluding hydrogens is 463 g/mol. The molecule has 1 saturated heterocycles. The zero-order valence-corrected chi connectivity index (χ0v) is 19.3. The number of sulfone groups is 1. The van der Waals surface area contributed by atoms with Crippen LogP contribution in [-0.4, -0.2) is 52.3 Å². The lowest BCUT2D eigenvalue weighted by molar-refractivity contribution is 0.196. The highest BCUT2D eigenvalue weighted by molar-refractivity contribution is 7.91. The van der Waals surface area contributed by atoms with Gasteiger partial charge in [-0.05, 0) is 56.0 Å². The predicted molar refractivity (Wildman–Crippen MR) is 123 cm³/mol. The van der Waals surface area contributed by atoms with Crippen LogP contribution in [0.3, 0.4) is 0 Å². The summed E-state index contributed by atoms with van der Waals surface area (Å²) < 4.78 is 27.8. The summed E-state index contributed by atoms with van der Waals surface area (Å²) in [6.45, 7) is 0.372. The largest absolute Gasteiger partial charge is 0.283 e. The minimum atomic E-state index is -2.97. The van der Waals surface area contributed by atoms with Crippen molar-refractivity contribution < 1.29 is 8.42 Å². The first-order chi connectivity index (χ1) is 14.2.